The molecule has 0 aliphatic heterocycles. The minimum atomic E-state index is 0.578. The van der Waals surface area contributed by atoms with Crippen molar-refractivity contribution in [2.75, 3.05) is 0 Å². The second-order valence-corrected chi connectivity index (χ2v) is 6.87. The first kappa shape index (κ1) is 18.2. The number of hydrogen-bond acceptors (Lipinski definition) is 1. The smallest absolute Gasteiger partial charge is 0.0444 e. The number of hydrogen-bond donors (Lipinski definition) is 0. The molecule has 21 heavy (non-hydrogen) atoms. The zero-order chi connectivity index (χ0) is 16.0. The normalized spacial score (nSPS) is 11.7. The van der Waals surface area contributed by atoms with Crippen LogP contribution in [0.4, 0.5) is 0 Å². The van der Waals surface area contributed by atoms with Gasteiger partial charge in [-0.25, -0.2) is 0 Å². The summed E-state index contributed by atoms with van der Waals surface area (Å²) in [5.41, 5.74) is 7.50. The maximum atomic E-state index is 5.14. The van der Waals surface area contributed by atoms with Crippen molar-refractivity contribution in [2.24, 2.45) is 0 Å². The topological polar surface area (TPSA) is 12.9 Å². The quantitative estimate of drug-likeness (QED) is 0.556. The molecule has 120 valence electrons. The molecular formula is C20H35N. The number of nitrogens with zero attached hydrogens (tertiary/aromatic N) is 1. The lowest BCUT2D eigenvalue weighted by Gasteiger charge is -2.25. The van der Waals surface area contributed by atoms with Crippen LogP contribution in [-0.4, -0.2) is 4.98 Å². The zero-order valence-corrected chi connectivity index (χ0v) is 15.3. The highest BCUT2D eigenvalue weighted by Crippen LogP contribution is 2.34. The third-order valence-electron chi connectivity index (χ3n) is 4.17. The molecule has 1 aromatic rings. The van der Waals surface area contributed by atoms with E-state index in [9.17, 15) is 0 Å². The van der Waals surface area contributed by atoms with Crippen LogP contribution in [0.5, 0.6) is 0 Å². The van der Waals surface area contributed by atoms with Crippen LogP contribution in [0.1, 0.15) is 108 Å². The molecule has 0 unspecified atom stereocenters. The van der Waals surface area contributed by atoms with Crippen molar-refractivity contribution >= 4 is 0 Å². The van der Waals surface area contributed by atoms with E-state index in [0.29, 0.717) is 11.8 Å². The van der Waals surface area contributed by atoms with Crippen LogP contribution in [0.3, 0.4) is 0 Å². The van der Waals surface area contributed by atoms with Crippen molar-refractivity contribution in [3.63, 3.8) is 0 Å². The van der Waals surface area contributed by atoms with Crippen molar-refractivity contribution in [1.82, 2.24) is 4.98 Å². The Hall–Kier alpha value is -0.850. The Kier molecular flexibility index (Phi) is 7.42. The van der Waals surface area contributed by atoms with Crippen LogP contribution in [0.15, 0.2) is 0 Å². The molecule has 0 radical (unpaired) electrons. The molecule has 0 N–H and O–H groups in total. The molecule has 0 spiro atoms. The SMILES string of the molecule is CCCc1nc(CCC)c(C(C)C)c(CCC)c1C(C)C. The van der Waals surface area contributed by atoms with Gasteiger partial charge in [0.05, 0.1) is 0 Å². The largest absolute Gasteiger partial charge is 0.257 e. The van der Waals surface area contributed by atoms with Crippen molar-refractivity contribution < 1.29 is 0 Å². The Balaban J connectivity index is 3.61. The molecule has 0 saturated carbocycles. The van der Waals surface area contributed by atoms with Gasteiger partial charge in [-0.05, 0) is 47.8 Å². The Bertz CT molecular complexity index is 407. The first-order valence-corrected chi connectivity index (χ1v) is 9.02. The summed E-state index contributed by atoms with van der Waals surface area (Å²) in [7, 11) is 0. The van der Waals surface area contributed by atoms with E-state index < -0.39 is 0 Å². The molecule has 0 fully saturated rings. The van der Waals surface area contributed by atoms with Gasteiger partial charge in [0.2, 0.25) is 0 Å². The molecule has 0 amide bonds. The maximum Gasteiger partial charge on any atom is 0.0444 e. The fourth-order valence-corrected chi connectivity index (χ4v) is 3.51. The second kappa shape index (κ2) is 8.56. The number of rotatable bonds is 8. The highest BCUT2D eigenvalue weighted by atomic mass is 14.7. The number of aromatic nitrogens is 1. The van der Waals surface area contributed by atoms with Crippen LogP contribution < -0.4 is 0 Å². The average Bonchev–Trinajstić information content (AvgIpc) is 2.38. The molecule has 1 heteroatoms. The Morgan fingerprint density at radius 1 is 0.667 bits per heavy atom. The molecule has 1 heterocycles. The summed E-state index contributed by atoms with van der Waals surface area (Å²) in [6, 6.07) is 0. The lowest BCUT2D eigenvalue weighted by Crippen LogP contribution is -2.14. The maximum absolute atomic E-state index is 5.14. The summed E-state index contributed by atoms with van der Waals surface area (Å²) in [6.45, 7) is 16.2. The highest BCUT2D eigenvalue weighted by Gasteiger charge is 2.21. The molecule has 0 atom stereocenters. The number of aryl methyl sites for hydroxylation is 2. The van der Waals surface area contributed by atoms with E-state index in [4.69, 9.17) is 4.98 Å². The summed E-state index contributed by atoms with van der Waals surface area (Å²) >= 11 is 0. The van der Waals surface area contributed by atoms with Crippen LogP contribution >= 0.6 is 0 Å². The fraction of sp³-hybridized carbons (Fsp3) is 0.750. The van der Waals surface area contributed by atoms with Gasteiger partial charge in [-0.2, -0.15) is 0 Å². The molecule has 1 rings (SSSR count). The Morgan fingerprint density at radius 3 is 1.33 bits per heavy atom. The Labute approximate surface area is 132 Å². The minimum absolute atomic E-state index is 0.578. The second-order valence-electron chi connectivity index (χ2n) is 6.87. The molecule has 0 bridgehead atoms. The monoisotopic (exact) mass is 289 g/mol. The average molecular weight is 290 g/mol. The van der Waals surface area contributed by atoms with Crippen LogP contribution in [0.25, 0.3) is 0 Å². The lowest BCUT2D eigenvalue weighted by molar-refractivity contribution is 0.706. The van der Waals surface area contributed by atoms with E-state index in [1.165, 1.54) is 37.1 Å². The molecule has 1 nitrogen and oxygen atoms in total. The fourth-order valence-electron chi connectivity index (χ4n) is 3.51. The van der Waals surface area contributed by atoms with Crippen molar-refractivity contribution in [3.8, 4) is 0 Å². The van der Waals surface area contributed by atoms with Gasteiger partial charge in [0, 0.05) is 11.4 Å². The van der Waals surface area contributed by atoms with Crippen molar-refractivity contribution in [1.29, 1.82) is 0 Å². The first-order valence-electron chi connectivity index (χ1n) is 9.02. The van der Waals surface area contributed by atoms with E-state index in [1.807, 2.05) is 0 Å². The van der Waals surface area contributed by atoms with E-state index in [1.54, 1.807) is 16.7 Å². The summed E-state index contributed by atoms with van der Waals surface area (Å²) in [4.78, 5) is 5.14. The Morgan fingerprint density at radius 2 is 1.05 bits per heavy atom. The number of pyridine rings is 1. The van der Waals surface area contributed by atoms with Crippen LogP contribution in [-0.2, 0) is 19.3 Å². The van der Waals surface area contributed by atoms with Gasteiger partial charge < -0.3 is 0 Å². The van der Waals surface area contributed by atoms with E-state index in [0.717, 1.165) is 12.8 Å². The molecule has 0 aliphatic rings. The van der Waals surface area contributed by atoms with Crippen LogP contribution in [0, 0.1) is 0 Å². The molecule has 0 saturated heterocycles. The molecular weight excluding hydrogens is 254 g/mol. The summed E-state index contributed by atoms with van der Waals surface area (Å²) < 4.78 is 0. The minimum Gasteiger partial charge on any atom is -0.257 e. The van der Waals surface area contributed by atoms with Gasteiger partial charge in [-0.1, -0.05) is 67.7 Å². The molecule has 0 aliphatic carbocycles. The van der Waals surface area contributed by atoms with Gasteiger partial charge in [0.1, 0.15) is 0 Å². The zero-order valence-electron chi connectivity index (χ0n) is 15.3. The van der Waals surface area contributed by atoms with Gasteiger partial charge in [0.15, 0.2) is 0 Å². The van der Waals surface area contributed by atoms with E-state index >= 15 is 0 Å². The van der Waals surface area contributed by atoms with Crippen LogP contribution in [0.2, 0.25) is 0 Å². The predicted octanol–water partition coefficient (Wildman–Crippen LogP) is 6.19. The third kappa shape index (κ3) is 4.31. The predicted molar refractivity (Wildman–Crippen MR) is 94.4 cm³/mol. The standard InChI is InChI=1S/C20H35N/c1-8-11-16-19(14(4)5)17(12-9-2)21-18(13-10-3)20(16)15(6)7/h14-15H,8-13H2,1-7H3. The summed E-state index contributed by atoms with van der Waals surface area (Å²) in [6.07, 6.45) is 7.05. The third-order valence-corrected chi connectivity index (χ3v) is 4.17. The summed E-state index contributed by atoms with van der Waals surface area (Å²) in [5.74, 6) is 1.16. The van der Waals surface area contributed by atoms with Crippen molar-refractivity contribution in [3.05, 3.63) is 28.1 Å². The highest BCUT2D eigenvalue weighted by molar-refractivity contribution is 5.44. The molecule has 1 aromatic heterocycles. The van der Waals surface area contributed by atoms with Gasteiger partial charge in [-0.3, -0.25) is 4.98 Å². The van der Waals surface area contributed by atoms with Gasteiger partial charge in [-0.15, -0.1) is 0 Å². The van der Waals surface area contributed by atoms with Crippen molar-refractivity contribution in [2.45, 2.75) is 98.8 Å². The van der Waals surface area contributed by atoms with E-state index in [2.05, 4.69) is 48.5 Å². The van der Waals surface area contributed by atoms with Gasteiger partial charge >= 0.3 is 0 Å². The lowest BCUT2D eigenvalue weighted by atomic mass is 9.83. The summed E-state index contributed by atoms with van der Waals surface area (Å²) in [5, 5.41) is 0. The van der Waals surface area contributed by atoms with Gasteiger partial charge in [0.25, 0.3) is 0 Å². The molecule has 0 aromatic carbocycles. The van der Waals surface area contributed by atoms with E-state index in [-0.39, 0.29) is 0 Å². The first-order chi connectivity index (χ1) is 9.97.